The molecule has 0 fully saturated rings. The van der Waals surface area contributed by atoms with Crippen LogP contribution in [0.3, 0.4) is 0 Å². The zero-order valence-electron chi connectivity index (χ0n) is 12.6. The number of rotatable bonds is 5. The number of hydrogen-bond donors (Lipinski definition) is 3. The van der Waals surface area contributed by atoms with Gasteiger partial charge in [0.15, 0.2) is 11.5 Å². The minimum absolute atomic E-state index is 0.137. The zero-order chi connectivity index (χ0) is 17.7. The van der Waals surface area contributed by atoms with Crippen LogP contribution in [-0.4, -0.2) is 16.1 Å². The van der Waals surface area contributed by atoms with Crippen molar-refractivity contribution in [1.82, 2.24) is 5.32 Å². The van der Waals surface area contributed by atoms with E-state index in [0.29, 0.717) is 17.5 Å². The van der Waals surface area contributed by atoms with Crippen molar-refractivity contribution in [1.29, 1.82) is 0 Å². The van der Waals surface area contributed by atoms with Gasteiger partial charge in [-0.2, -0.15) is 13.2 Å². The van der Waals surface area contributed by atoms with Crippen LogP contribution in [0.2, 0.25) is 0 Å². The summed E-state index contributed by atoms with van der Waals surface area (Å²) in [6, 6.07) is 8.89. The molecule has 0 saturated carbocycles. The van der Waals surface area contributed by atoms with Crippen LogP contribution < -0.4 is 5.32 Å². The fourth-order valence-corrected chi connectivity index (χ4v) is 2.08. The number of hydrogen-bond acceptors (Lipinski definition) is 3. The molecule has 0 bridgehead atoms. The Kier molecular flexibility index (Phi) is 5.33. The summed E-state index contributed by atoms with van der Waals surface area (Å²) in [6.07, 6.45) is -3.85. The van der Waals surface area contributed by atoms with E-state index in [1.807, 2.05) is 0 Å². The minimum atomic E-state index is -4.38. The standard InChI is InChI=1S/C17H16F3NO3/c18-17(19,20)13-5-1-12(2-6-13)10-21-16(24)8-4-11-3-7-14(22)15(23)9-11/h1-3,5-7,9,22-23H,4,8,10H2,(H,21,24). The minimum Gasteiger partial charge on any atom is -0.504 e. The van der Waals surface area contributed by atoms with E-state index in [1.54, 1.807) is 6.07 Å². The van der Waals surface area contributed by atoms with E-state index in [-0.39, 0.29) is 30.4 Å². The van der Waals surface area contributed by atoms with Crippen molar-refractivity contribution in [2.75, 3.05) is 0 Å². The van der Waals surface area contributed by atoms with Crippen molar-refractivity contribution in [2.24, 2.45) is 0 Å². The Morgan fingerprint density at radius 1 is 0.958 bits per heavy atom. The van der Waals surface area contributed by atoms with Crippen LogP contribution in [0.5, 0.6) is 11.5 Å². The lowest BCUT2D eigenvalue weighted by atomic mass is 10.1. The molecule has 0 heterocycles. The Morgan fingerprint density at radius 2 is 1.58 bits per heavy atom. The van der Waals surface area contributed by atoms with Crippen molar-refractivity contribution in [3.63, 3.8) is 0 Å². The number of carbonyl (C=O) groups is 1. The maximum atomic E-state index is 12.4. The number of halogens is 3. The van der Waals surface area contributed by atoms with Gasteiger partial charge >= 0.3 is 6.18 Å². The molecule has 128 valence electrons. The molecule has 2 aromatic rings. The molecule has 4 nitrogen and oxygen atoms in total. The van der Waals surface area contributed by atoms with Gasteiger partial charge in [0, 0.05) is 13.0 Å². The number of benzene rings is 2. The zero-order valence-corrected chi connectivity index (χ0v) is 12.6. The Balaban J connectivity index is 1.81. The van der Waals surface area contributed by atoms with Gasteiger partial charge in [-0.15, -0.1) is 0 Å². The van der Waals surface area contributed by atoms with Gasteiger partial charge in [0.25, 0.3) is 0 Å². The summed E-state index contributed by atoms with van der Waals surface area (Å²) >= 11 is 0. The Bertz CT molecular complexity index is 712. The normalized spacial score (nSPS) is 11.3. The maximum absolute atomic E-state index is 12.4. The summed E-state index contributed by atoms with van der Waals surface area (Å²) in [7, 11) is 0. The number of alkyl halides is 3. The average molecular weight is 339 g/mol. The average Bonchev–Trinajstić information content (AvgIpc) is 2.53. The maximum Gasteiger partial charge on any atom is 0.416 e. The molecule has 0 atom stereocenters. The van der Waals surface area contributed by atoms with E-state index < -0.39 is 11.7 Å². The van der Waals surface area contributed by atoms with Crippen LogP contribution in [-0.2, 0) is 23.9 Å². The third-order valence-electron chi connectivity index (χ3n) is 3.45. The molecule has 0 spiro atoms. The van der Waals surface area contributed by atoms with Crippen molar-refractivity contribution in [2.45, 2.75) is 25.6 Å². The summed E-state index contributed by atoms with van der Waals surface area (Å²) < 4.78 is 37.3. The first-order valence-corrected chi connectivity index (χ1v) is 7.19. The van der Waals surface area contributed by atoms with Crippen LogP contribution in [0, 0.1) is 0 Å². The Hall–Kier alpha value is -2.70. The van der Waals surface area contributed by atoms with E-state index in [2.05, 4.69) is 5.32 Å². The van der Waals surface area contributed by atoms with Crippen molar-refractivity contribution in [3.05, 3.63) is 59.2 Å². The van der Waals surface area contributed by atoms with Crippen LogP contribution in [0.1, 0.15) is 23.1 Å². The number of phenolic OH excluding ortho intramolecular Hbond substituents is 2. The topological polar surface area (TPSA) is 69.6 Å². The fourth-order valence-electron chi connectivity index (χ4n) is 2.08. The number of nitrogens with one attached hydrogen (secondary N) is 1. The van der Waals surface area contributed by atoms with Crippen LogP contribution in [0.25, 0.3) is 0 Å². The molecule has 24 heavy (non-hydrogen) atoms. The van der Waals surface area contributed by atoms with Gasteiger partial charge in [0.05, 0.1) is 5.56 Å². The second-order valence-electron chi connectivity index (χ2n) is 5.29. The SMILES string of the molecule is O=C(CCc1ccc(O)c(O)c1)NCc1ccc(C(F)(F)F)cc1. The molecule has 0 aliphatic carbocycles. The second kappa shape index (κ2) is 7.25. The highest BCUT2D eigenvalue weighted by Gasteiger charge is 2.29. The third-order valence-corrected chi connectivity index (χ3v) is 3.45. The van der Waals surface area contributed by atoms with Gasteiger partial charge in [-0.1, -0.05) is 18.2 Å². The summed E-state index contributed by atoms with van der Waals surface area (Å²) in [5.74, 6) is -0.745. The molecule has 2 rings (SSSR count). The molecule has 3 N–H and O–H groups in total. The highest BCUT2D eigenvalue weighted by molar-refractivity contribution is 5.76. The first-order valence-electron chi connectivity index (χ1n) is 7.19. The van der Waals surface area contributed by atoms with Crippen LogP contribution in [0.15, 0.2) is 42.5 Å². The molecule has 0 aliphatic rings. The molecular weight excluding hydrogens is 323 g/mol. The molecule has 0 aromatic heterocycles. The summed E-state index contributed by atoms with van der Waals surface area (Å²) in [5.41, 5.74) is 0.526. The summed E-state index contributed by atoms with van der Waals surface area (Å²) in [5, 5.41) is 21.2. The molecule has 0 radical (unpaired) electrons. The number of aromatic hydroxyl groups is 2. The number of aryl methyl sites for hydroxylation is 1. The van der Waals surface area contributed by atoms with Gasteiger partial charge in [0.1, 0.15) is 0 Å². The van der Waals surface area contributed by atoms with Gasteiger partial charge < -0.3 is 15.5 Å². The molecule has 1 amide bonds. The quantitative estimate of drug-likeness (QED) is 0.732. The van der Waals surface area contributed by atoms with Crippen LogP contribution >= 0.6 is 0 Å². The highest BCUT2D eigenvalue weighted by Crippen LogP contribution is 2.29. The number of carbonyl (C=O) groups excluding carboxylic acids is 1. The van der Waals surface area contributed by atoms with E-state index in [4.69, 9.17) is 0 Å². The number of phenols is 2. The van der Waals surface area contributed by atoms with Crippen molar-refractivity contribution < 1.29 is 28.2 Å². The van der Waals surface area contributed by atoms with Gasteiger partial charge in [-0.25, -0.2) is 0 Å². The predicted molar refractivity (Wildman–Crippen MR) is 81.4 cm³/mol. The molecule has 2 aromatic carbocycles. The van der Waals surface area contributed by atoms with E-state index in [1.165, 1.54) is 24.3 Å². The van der Waals surface area contributed by atoms with Gasteiger partial charge in [-0.05, 0) is 41.8 Å². The van der Waals surface area contributed by atoms with Crippen molar-refractivity contribution >= 4 is 5.91 Å². The Labute approximate surface area is 136 Å². The second-order valence-corrected chi connectivity index (χ2v) is 5.29. The van der Waals surface area contributed by atoms with E-state index >= 15 is 0 Å². The first kappa shape index (κ1) is 17.7. The lowest BCUT2D eigenvalue weighted by molar-refractivity contribution is -0.137. The van der Waals surface area contributed by atoms with E-state index in [9.17, 15) is 28.2 Å². The number of amides is 1. The summed E-state index contributed by atoms with van der Waals surface area (Å²) in [6.45, 7) is 0.137. The molecular formula is C17H16F3NO3. The monoisotopic (exact) mass is 339 g/mol. The molecule has 0 saturated heterocycles. The van der Waals surface area contributed by atoms with Crippen LogP contribution in [0.4, 0.5) is 13.2 Å². The predicted octanol–water partition coefficient (Wildman–Crippen LogP) is 3.37. The fraction of sp³-hybridized carbons (Fsp3) is 0.235. The highest BCUT2D eigenvalue weighted by atomic mass is 19.4. The lowest BCUT2D eigenvalue weighted by Crippen LogP contribution is -2.23. The first-order chi connectivity index (χ1) is 11.3. The smallest absolute Gasteiger partial charge is 0.416 e. The Morgan fingerprint density at radius 3 is 2.17 bits per heavy atom. The molecule has 0 aliphatic heterocycles. The summed E-state index contributed by atoms with van der Waals surface area (Å²) in [4.78, 5) is 11.8. The van der Waals surface area contributed by atoms with Gasteiger partial charge in [-0.3, -0.25) is 4.79 Å². The molecule has 7 heteroatoms. The van der Waals surface area contributed by atoms with Crippen molar-refractivity contribution in [3.8, 4) is 11.5 Å². The third kappa shape index (κ3) is 4.91. The van der Waals surface area contributed by atoms with Gasteiger partial charge in [0.2, 0.25) is 5.91 Å². The largest absolute Gasteiger partial charge is 0.504 e. The van der Waals surface area contributed by atoms with E-state index in [0.717, 1.165) is 12.1 Å². The molecule has 0 unspecified atom stereocenters. The lowest BCUT2D eigenvalue weighted by Gasteiger charge is -2.09.